The average molecular weight is 534 g/mol. The molecule has 1 aliphatic rings. The Morgan fingerprint density at radius 3 is 2.71 bits per heavy atom. The number of likely N-dealkylation sites (tertiary alicyclic amines) is 1. The molecule has 0 aliphatic carbocycles. The Kier molecular flexibility index (Phi) is 6.38. The molecule has 1 fully saturated rings. The van der Waals surface area contributed by atoms with E-state index in [1.807, 2.05) is 24.3 Å². The quantitative estimate of drug-likeness (QED) is 0.258. The highest BCUT2D eigenvalue weighted by atomic mass is 28.3. The molecule has 1 amide bonds. The number of nitrogens with two attached hydrogens (primary N) is 1. The van der Waals surface area contributed by atoms with Gasteiger partial charge < -0.3 is 20.5 Å². The van der Waals surface area contributed by atoms with Crippen LogP contribution in [0.4, 0.5) is 5.82 Å². The zero-order valence-electron chi connectivity index (χ0n) is 23.0. The zero-order chi connectivity index (χ0) is 27.9. The number of carbonyl (C=O) groups excluding carboxylic acids is 1. The summed E-state index contributed by atoms with van der Waals surface area (Å²) < 4.78 is 15.1. The van der Waals surface area contributed by atoms with E-state index in [0.29, 0.717) is 41.3 Å². The SMILES string of the molecule is [2H]c1nc(N)c2nc(-c3cccc(-c4nc([C@]5(O)CCN(C)C5=O)n(COCC[Si](C)(C)C)n4)c3)ccc2n1. The van der Waals surface area contributed by atoms with Crippen LogP contribution in [0.1, 0.15) is 13.6 Å². The molecule has 1 aliphatic heterocycles. The molecule has 0 spiro atoms. The van der Waals surface area contributed by atoms with Crippen LogP contribution in [0.2, 0.25) is 25.7 Å². The van der Waals surface area contributed by atoms with Gasteiger partial charge in [0.25, 0.3) is 5.91 Å². The Bertz CT molecular complexity index is 1560. The fourth-order valence-corrected chi connectivity index (χ4v) is 5.10. The molecule has 4 heterocycles. The van der Waals surface area contributed by atoms with Crippen molar-refractivity contribution in [3.05, 3.63) is 48.5 Å². The lowest BCUT2D eigenvalue weighted by Crippen LogP contribution is -2.39. The zero-order valence-corrected chi connectivity index (χ0v) is 23.0. The van der Waals surface area contributed by atoms with Crippen molar-refractivity contribution in [3.8, 4) is 22.6 Å². The maximum absolute atomic E-state index is 12.9. The molecule has 5 rings (SSSR count). The summed E-state index contributed by atoms with van der Waals surface area (Å²) in [7, 11) is 0.371. The predicted octanol–water partition coefficient (Wildman–Crippen LogP) is 2.89. The topological polar surface area (TPSA) is 145 Å². The van der Waals surface area contributed by atoms with Crippen LogP contribution in [-0.4, -0.2) is 73.9 Å². The van der Waals surface area contributed by atoms with E-state index in [4.69, 9.17) is 11.8 Å². The molecule has 4 aromatic rings. The lowest BCUT2D eigenvalue weighted by Gasteiger charge is -2.21. The highest BCUT2D eigenvalue weighted by molar-refractivity contribution is 6.76. The van der Waals surface area contributed by atoms with Gasteiger partial charge in [-0.3, -0.25) is 4.79 Å². The summed E-state index contributed by atoms with van der Waals surface area (Å²) in [6.07, 6.45) is 0.0620. The lowest BCUT2D eigenvalue weighted by atomic mass is 10.0. The van der Waals surface area contributed by atoms with E-state index in [-0.39, 0.29) is 31.1 Å². The van der Waals surface area contributed by atoms with Gasteiger partial charge in [-0.05, 0) is 24.2 Å². The number of aliphatic hydroxyl groups is 1. The normalized spacial score (nSPS) is 18.4. The molecule has 1 saturated heterocycles. The summed E-state index contributed by atoms with van der Waals surface area (Å²) in [4.78, 5) is 31.6. The predicted molar refractivity (Wildman–Crippen MR) is 146 cm³/mol. The summed E-state index contributed by atoms with van der Waals surface area (Å²) in [5, 5.41) is 16.0. The Hall–Kier alpha value is -3.74. The summed E-state index contributed by atoms with van der Waals surface area (Å²) >= 11 is 0. The number of hydrogen-bond donors (Lipinski definition) is 2. The van der Waals surface area contributed by atoms with Gasteiger partial charge in [-0.2, -0.15) is 0 Å². The van der Waals surface area contributed by atoms with Crippen molar-refractivity contribution < 1.29 is 16.0 Å². The second kappa shape index (κ2) is 9.85. The highest BCUT2D eigenvalue weighted by Crippen LogP contribution is 2.33. The van der Waals surface area contributed by atoms with Crippen molar-refractivity contribution >= 4 is 30.8 Å². The van der Waals surface area contributed by atoms with E-state index in [1.54, 1.807) is 19.2 Å². The van der Waals surface area contributed by atoms with Crippen molar-refractivity contribution in [2.45, 2.75) is 44.4 Å². The van der Waals surface area contributed by atoms with Gasteiger partial charge in [0.15, 0.2) is 17.5 Å². The number of nitrogens with zero attached hydrogens (tertiary/aromatic N) is 7. The van der Waals surface area contributed by atoms with Gasteiger partial charge in [-0.1, -0.05) is 37.8 Å². The maximum Gasteiger partial charge on any atom is 0.262 e. The van der Waals surface area contributed by atoms with Crippen LogP contribution in [0.3, 0.4) is 0 Å². The molecule has 12 heteroatoms. The molecule has 0 bridgehead atoms. The van der Waals surface area contributed by atoms with Gasteiger partial charge >= 0.3 is 0 Å². The van der Waals surface area contributed by atoms with Crippen molar-refractivity contribution in [2.75, 3.05) is 25.9 Å². The van der Waals surface area contributed by atoms with Gasteiger partial charge in [-0.25, -0.2) is 24.6 Å². The maximum atomic E-state index is 12.9. The number of likely N-dealkylation sites (N-methyl/N-ethyl adjacent to an activating group) is 1. The second-order valence-electron chi connectivity index (χ2n) is 10.8. The summed E-state index contributed by atoms with van der Waals surface area (Å²) in [5.41, 5.74) is 7.23. The number of benzene rings is 1. The fraction of sp³-hybridized carbons (Fsp3) is 0.385. The van der Waals surface area contributed by atoms with E-state index in [0.717, 1.165) is 11.6 Å². The number of hydrogen-bond acceptors (Lipinski definition) is 9. The standard InChI is InChI=1S/C26H32N8O3Si/c1-33-11-10-26(36,25(33)35)24-31-23(32-34(24)16-37-12-13-38(2,3)4)18-7-5-6-17(14-18)19-8-9-20-21(30-19)22(27)29-15-28-20/h5-9,14-15,36H,10-13,16H2,1-4H3,(H2,27,28,29)/t26-/m1/s1/i15D. The minimum absolute atomic E-state index is 0.0787. The Morgan fingerprint density at radius 1 is 1.18 bits per heavy atom. The molecule has 11 nitrogen and oxygen atoms in total. The smallest absolute Gasteiger partial charge is 0.262 e. The number of aromatic nitrogens is 6. The lowest BCUT2D eigenvalue weighted by molar-refractivity contribution is -0.144. The number of anilines is 1. The van der Waals surface area contributed by atoms with E-state index in [1.165, 1.54) is 9.58 Å². The summed E-state index contributed by atoms with van der Waals surface area (Å²) in [6.45, 7) is 7.89. The Labute approximate surface area is 223 Å². The monoisotopic (exact) mass is 533 g/mol. The minimum Gasteiger partial charge on any atom is -0.382 e. The van der Waals surface area contributed by atoms with Crippen molar-refractivity contribution in [2.24, 2.45) is 0 Å². The van der Waals surface area contributed by atoms with E-state index in [2.05, 4.69) is 44.7 Å². The molecule has 3 aromatic heterocycles. The van der Waals surface area contributed by atoms with Gasteiger partial charge in [-0.15, -0.1) is 5.10 Å². The molecule has 3 N–H and O–H groups in total. The van der Waals surface area contributed by atoms with Crippen LogP contribution in [0, 0.1) is 0 Å². The van der Waals surface area contributed by atoms with Gasteiger partial charge in [0.05, 0.1) is 11.2 Å². The van der Waals surface area contributed by atoms with E-state index >= 15 is 0 Å². The molecule has 198 valence electrons. The first kappa shape index (κ1) is 24.6. The van der Waals surface area contributed by atoms with Crippen molar-refractivity contribution in [1.82, 2.24) is 34.6 Å². The molecular formula is C26H32N8O3Si. The fourth-order valence-electron chi connectivity index (χ4n) is 4.35. The number of pyridine rings is 1. The van der Waals surface area contributed by atoms with E-state index < -0.39 is 19.6 Å². The highest BCUT2D eigenvalue weighted by Gasteiger charge is 2.49. The summed E-state index contributed by atoms with van der Waals surface area (Å²) in [5.74, 6) is 0.264. The van der Waals surface area contributed by atoms with Gasteiger partial charge in [0.1, 0.15) is 19.9 Å². The number of fused-ring (bicyclic) bond motifs is 1. The van der Waals surface area contributed by atoms with Crippen molar-refractivity contribution in [1.29, 1.82) is 0 Å². The molecule has 0 radical (unpaired) electrons. The third-order valence-corrected chi connectivity index (χ3v) is 8.34. The first-order valence-corrected chi connectivity index (χ1v) is 16.2. The molecular weight excluding hydrogens is 500 g/mol. The largest absolute Gasteiger partial charge is 0.382 e. The first-order chi connectivity index (χ1) is 18.4. The van der Waals surface area contributed by atoms with Gasteiger partial charge in [0, 0.05) is 45.8 Å². The number of rotatable bonds is 8. The third-order valence-electron chi connectivity index (χ3n) is 6.64. The van der Waals surface area contributed by atoms with Crippen LogP contribution in [-0.2, 0) is 21.9 Å². The minimum atomic E-state index is -1.77. The number of carbonyl (C=O) groups is 1. The van der Waals surface area contributed by atoms with Gasteiger partial charge in [0.2, 0.25) is 5.60 Å². The average Bonchev–Trinajstić information content (AvgIpc) is 3.44. The molecule has 38 heavy (non-hydrogen) atoms. The van der Waals surface area contributed by atoms with Crippen LogP contribution < -0.4 is 5.73 Å². The summed E-state index contributed by atoms with van der Waals surface area (Å²) in [6, 6.07) is 12.0. The third kappa shape index (κ3) is 5.02. The second-order valence-corrected chi connectivity index (χ2v) is 16.4. The van der Waals surface area contributed by atoms with Crippen LogP contribution in [0.25, 0.3) is 33.7 Å². The molecule has 1 aromatic carbocycles. The van der Waals surface area contributed by atoms with Crippen LogP contribution in [0.15, 0.2) is 42.7 Å². The first-order valence-electron chi connectivity index (χ1n) is 13.0. The van der Waals surface area contributed by atoms with E-state index in [9.17, 15) is 9.90 Å². The number of nitrogen functional groups attached to an aromatic ring is 1. The number of amides is 1. The molecule has 0 saturated carbocycles. The number of ether oxygens (including phenoxy) is 1. The Balaban J connectivity index is 1.50. The Morgan fingerprint density at radius 2 is 1.97 bits per heavy atom. The van der Waals surface area contributed by atoms with Crippen LogP contribution >= 0.6 is 0 Å². The van der Waals surface area contributed by atoms with Crippen LogP contribution in [0.5, 0.6) is 0 Å². The molecule has 0 unspecified atom stereocenters. The van der Waals surface area contributed by atoms with Crippen molar-refractivity contribution in [3.63, 3.8) is 0 Å². The molecule has 1 atom stereocenters.